The average Bonchev–Trinajstić information content (AvgIpc) is 3.27. The lowest BCUT2D eigenvalue weighted by Gasteiger charge is -2.50. The summed E-state index contributed by atoms with van der Waals surface area (Å²) in [6.45, 7) is 5.03. The van der Waals surface area contributed by atoms with Gasteiger partial charge in [-0.3, -0.25) is 0 Å². The minimum atomic E-state index is 0.0758. The number of para-hydroxylation sites is 1. The standard InChI is InChI=1S/C42H35N/c1-41-25-6-7-26-42(41,2)43(34-11-4-3-5-12-34)38-24-21-33(27-37(38)41)28-13-15-29(16-14-28)35-22-19-32-18-17-30-9-8-10-31-20-23-36(35)40(32)39(30)31/h3-5,8-24,27H,6-7,25-26H2,1-2H3. The minimum absolute atomic E-state index is 0.0758. The molecule has 1 saturated carbocycles. The van der Waals surface area contributed by atoms with E-state index in [1.54, 1.807) is 0 Å². The molecule has 1 fully saturated rings. The van der Waals surface area contributed by atoms with E-state index < -0.39 is 0 Å². The van der Waals surface area contributed by atoms with Crippen molar-refractivity contribution in [2.75, 3.05) is 4.90 Å². The van der Waals surface area contributed by atoms with Crippen LogP contribution in [0.2, 0.25) is 0 Å². The summed E-state index contributed by atoms with van der Waals surface area (Å²) in [4.78, 5) is 2.66. The van der Waals surface area contributed by atoms with Crippen LogP contribution < -0.4 is 4.90 Å². The number of rotatable bonds is 3. The van der Waals surface area contributed by atoms with Crippen LogP contribution in [0.3, 0.4) is 0 Å². The van der Waals surface area contributed by atoms with E-state index in [4.69, 9.17) is 0 Å². The molecule has 0 saturated heterocycles. The molecular formula is C42H35N. The second-order valence-corrected chi connectivity index (χ2v) is 13.3. The number of nitrogens with zero attached hydrogens (tertiary/aromatic N) is 1. The summed E-state index contributed by atoms with van der Waals surface area (Å²) >= 11 is 0. The van der Waals surface area contributed by atoms with Crippen molar-refractivity contribution < 1.29 is 0 Å². The van der Waals surface area contributed by atoms with Crippen molar-refractivity contribution in [2.45, 2.75) is 50.5 Å². The zero-order valence-electron chi connectivity index (χ0n) is 24.9. The lowest BCUT2D eigenvalue weighted by Crippen LogP contribution is -2.54. The maximum absolute atomic E-state index is 2.66. The molecule has 2 atom stereocenters. The molecule has 7 aromatic rings. The van der Waals surface area contributed by atoms with Gasteiger partial charge in [-0.1, -0.05) is 123 Å². The number of hydrogen-bond donors (Lipinski definition) is 0. The largest absolute Gasteiger partial charge is 0.334 e. The van der Waals surface area contributed by atoms with E-state index in [9.17, 15) is 0 Å². The molecule has 9 rings (SSSR count). The molecule has 1 aliphatic heterocycles. The van der Waals surface area contributed by atoms with Gasteiger partial charge in [0.2, 0.25) is 0 Å². The van der Waals surface area contributed by atoms with Crippen molar-refractivity contribution in [1.82, 2.24) is 0 Å². The first-order valence-electron chi connectivity index (χ1n) is 15.8. The van der Waals surface area contributed by atoms with Gasteiger partial charge in [0, 0.05) is 16.8 Å². The van der Waals surface area contributed by atoms with E-state index in [1.807, 2.05) is 0 Å². The zero-order valence-corrected chi connectivity index (χ0v) is 24.9. The maximum atomic E-state index is 2.66. The van der Waals surface area contributed by atoms with E-state index in [-0.39, 0.29) is 11.0 Å². The van der Waals surface area contributed by atoms with Gasteiger partial charge in [0.05, 0.1) is 5.54 Å². The first kappa shape index (κ1) is 24.9. The van der Waals surface area contributed by atoms with Gasteiger partial charge in [0.25, 0.3) is 0 Å². The van der Waals surface area contributed by atoms with Gasteiger partial charge in [-0.2, -0.15) is 0 Å². The predicted octanol–water partition coefficient (Wildman–Crippen LogP) is 11.7. The van der Waals surface area contributed by atoms with Crippen LogP contribution in [0.1, 0.15) is 45.1 Å². The Hall–Kier alpha value is -4.62. The molecule has 0 spiro atoms. The van der Waals surface area contributed by atoms with Crippen LogP contribution in [0.15, 0.2) is 127 Å². The quantitative estimate of drug-likeness (QED) is 0.197. The zero-order chi connectivity index (χ0) is 28.8. The first-order valence-corrected chi connectivity index (χ1v) is 15.8. The van der Waals surface area contributed by atoms with Crippen molar-refractivity contribution in [2.24, 2.45) is 0 Å². The van der Waals surface area contributed by atoms with Crippen LogP contribution in [0.5, 0.6) is 0 Å². The Balaban J connectivity index is 1.14. The highest BCUT2D eigenvalue weighted by Crippen LogP contribution is 2.61. The Kier molecular flexibility index (Phi) is 5.18. The SMILES string of the molecule is CC12CCCCC1(C)N(c1ccccc1)c1ccc(-c3ccc(-c4ccc5ccc6cccc7ccc4c5c67)cc3)cc12. The van der Waals surface area contributed by atoms with Crippen molar-refractivity contribution in [3.63, 3.8) is 0 Å². The molecule has 0 radical (unpaired) electrons. The molecule has 1 heteroatoms. The van der Waals surface area contributed by atoms with Gasteiger partial charge >= 0.3 is 0 Å². The smallest absolute Gasteiger partial charge is 0.0517 e. The van der Waals surface area contributed by atoms with Gasteiger partial charge < -0.3 is 4.90 Å². The summed E-state index contributed by atoms with van der Waals surface area (Å²) in [5.74, 6) is 0. The molecule has 1 nitrogen and oxygen atoms in total. The van der Waals surface area contributed by atoms with Gasteiger partial charge in [-0.05, 0) is 104 Å². The van der Waals surface area contributed by atoms with Crippen LogP contribution in [0.25, 0.3) is 54.6 Å². The minimum Gasteiger partial charge on any atom is -0.334 e. The fraction of sp³-hybridized carbons (Fsp3) is 0.190. The number of benzene rings is 7. The topological polar surface area (TPSA) is 3.24 Å². The fourth-order valence-electron chi connectivity index (χ4n) is 8.73. The van der Waals surface area contributed by atoms with Gasteiger partial charge in [0.1, 0.15) is 0 Å². The van der Waals surface area contributed by atoms with Crippen molar-refractivity contribution in [3.05, 3.63) is 133 Å². The van der Waals surface area contributed by atoms with Crippen LogP contribution in [-0.2, 0) is 5.41 Å². The van der Waals surface area contributed by atoms with Crippen LogP contribution in [-0.4, -0.2) is 5.54 Å². The summed E-state index contributed by atoms with van der Waals surface area (Å²) in [7, 11) is 0. The molecule has 43 heavy (non-hydrogen) atoms. The second kappa shape index (κ2) is 8.94. The third kappa shape index (κ3) is 3.40. The Labute approximate surface area is 253 Å². The summed E-state index contributed by atoms with van der Waals surface area (Å²) < 4.78 is 0. The first-order chi connectivity index (χ1) is 21.0. The molecular weight excluding hydrogens is 518 g/mol. The molecule has 0 aromatic heterocycles. The highest BCUT2D eigenvalue weighted by molar-refractivity contribution is 6.25. The van der Waals surface area contributed by atoms with E-state index in [2.05, 4.69) is 146 Å². The van der Waals surface area contributed by atoms with Crippen molar-refractivity contribution >= 4 is 43.7 Å². The number of fused-ring (bicyclic) bond motifs is 3. The monoisotopic (exact) mass is 553 g/mol. The van der Waals surface area contributed by atoms with E-state index in [1.165, 1.54) is 97.2 Å². The van der Waals surface area contributed by atoms with Crippen molar-refractivity contribution in [1.29, 1.82) is 0 Å². The third-order valence-electron chi connectivity index (χ3n) is 11.2. The molecule has 0 bridgehead atoms. The van der Waals surface area contributed by atoms with Crippen LogP contribution >= 0.6 is 0 Å². The Bertz CT molecular complexity index is 2140. The lowest BCUT2D eigenvalue weighted by atomic mass is 9.61. The molecule has 7 aromatic carbocycles. The highest BCUT2D eigenvalue weighted by Gasteiger charge is 2.57. The molecule has 2 aliphatic rings. The Morgan fingerprint density at radius 2 is 1.19 bits per heavy atom. The second-order valence-electron chi connectivity index (χ2n) is 13.3. The van der Waals surface area contributed by atoms with E-state index in [0.717, 1.165) is 0 Å². The maximum Gasteiger partial charge on any atom is 0.0517 e. The average molecular weight is 554 g/mol. The predicted molar refractivity (Wildman–Crippen MR) is 184 cm³/mol. The summed E-state index contributed by atoms with van der Waals surface area (Å²) in [5.41, 5.74) is 9.55. The van der Waals surface area contributed by atoms with E-state index in [0.29, 0.717) is 0 Å². The van der Waals surface area contributed by atoms with Gasteiger partial charge in [0.15, 0.2) is 0 Å². The molecule has 0 amide bonds. The van der Waals surface area contributed by atoms with E-state index >= 15 is 0 Å². The molecule has 1 heterocycles. The normalized spacial score (nSPS) is 21.5. The Morgan fingerprint density at radius 1 is 0.535 bits per heavy atom. The highest BCUT2D eigenvalue weighted by atomic mass is 15.2. The molecule has 0 N–H and O–H groups in total. The molecule has 2 unspecified atom stereocenters. The number of hydrogen-bond acceptors (Lipinski definition) is 1. The third-order valence-corrected chi connectivity index (χ3v) is 11.2. The summed E-state index contributed by atoms with van der Waals surface area (Å²) in [6.07, 6.45) is 5.04. The Morgan fingerprint density at radius 3 is 1.98 bits per heavy atom. The lowest BCUT2D eigenvalue weighted by molar-refractivity contribution is 0.195. The van der Waals surface area contributed by atoms with Crippen LogP contribution in [0, 0.1) is 0 Å². The number of anilines is 2. The summed E-state index contributed by atoms with van der Waals surface area (Å²) in [5, 5.41) is 8.02. The van der Waals surface area contributed by atoms with Crippen LogP contribution in [0.4, 0.5) is 11.4 Å². The molecule has 208 valence electrons. The summed E-state index contributed by atoms with van der Waals surface area (Å²) in [6, 6.07) is 47.9. The van der Waals surface area contributed by atoms with Gasteiger partial charge in [-0.25, -0.2) is 0 Å². The molecule has 1 aliphatic carbocycles. The van der Waals surface area contributed by atoms with Crippen molar-refractivity contribution in [3.8, 4) is 22.3 Å². The fourth-order valence-corrected chi connectivity index (χ4v) is 8.73. The van der Waals surface area contributed by atoms with Gasteiger partial charge in [-0.15, -0.1) is 0 Å².